The first kappa shape index (κ1) is 19.9. The molecular weight excluding hydrogens is 579 g/mol. The number of ether oxygens (including phenoxy) is 1. The summed E-state index contributed by atoms with van der Waals surface area (Å²) in [4.78, 5) is 17.1. The van der Waals surface area contributed by atoms with Gasteiger partial charge in [0.15, 0.2) is 0 Å². The number of halogens is 5. The van der Waals surface area contributed by atoms with Gasteiger partial charge in [0.05, 0.1) is 0 Å². The fraction of sp³-hybridized carbons (Fsp3) is 0.938. The molecular formula is C16H25F3I2N2O3. The van der Waals surface area contributed by atoms with Gasteiger partial charge >= 0.3 is 167 Å². The summed E-state index contributed by atoms with van der Waals surface area (Å²) in [6, 6.07) is 0. The number of rotatable bonds is 6. The molecule has 5 unspecified atom stereocenters. The summed E-state index contributed by atoms with van der Waals surface area (Å²) in [5.74, 6) is -0.872. The Hall–Kier alpha value is 0.600. The van der Waals surface area contributed by atoms with Crippen LogP contribution in [0.25, 0.3) is 0 Å². The zero-order valence-electron chi connectivity index (χ0n) is 14.9. The van der Waals surface area contributed by atoms with Crippen molar-refractivity contribution in [2.75, 3.05) is 16.5 Å². The van der Waals surface area contributed by atoms with E-state index in [9.17, 15) is 23.1 Å². The summed E-state index contributed by atoms with van der Waals surface area (Å²) < 4.78 is 51.2. The van der Waals surface area contributed by atoms with Crippen molar-refractivity contribution in [1.29, 1.82) is 0 Å². The van der Waals surface area contributed by atoms with Gasteiger partial charge in [0, 0.05) is 0 Å². The van der Waals surface area contributed by atoms with Gasteiger partial charge in [0.2, 0.25) is 0 Å². The zero-order valence-corrected chi connectivity index (χ0v) is 19.2. The molecule has 0 aromatic heterocycles. The van der Waals surface area contributed by atoms with Crippen LogP contribution >= 0.6 is 40.2 Å². The van der Waals surface area contributed by atoms with Gasteiger partial charge in [-0.1, -0.05) is 0 Å². The Morgan fingerprint density at radius 3 is 2.38 bits per heavy atom. The first-order valence-electron chi connectivity index (χ1n) is 8.67. The molecule has 0 aromatic rings. The van der Waals surface area contributed by atoms with Crippen LogP contribution in [0.15, 0.2) is 0 Å². The van der Waals surface area contributed by atoms with Gasteiger partial charge in [0.25, 0.3) is 0 Å². The summed E-state index contributed by atoms with van der Waals surface area (Å²) in [6.07, 6.45) is -3.37. The Morgan fingerprint density at radius 1 is 1.35 bits per heavy atom. The Morgan fingerprint density at radius 2 is 1.96 bits per heavy atom. The second-order valence-electron chi connectivity index (χ2n) is 8.13. The van der Waals surface area contributed by atoms with Crippen LogP contribution < -0.4 is 7.06 Å². The summed E-state index contributed by atoms with van der Waals surface area (Å²) in [5, 5.41) is 10.0. The van der Waals surface area contributed by atoms with Crippen molar-refractivity contribution < 1.29 is 27.8 Å². The molecule has 4 fully saturated rings. The summed E-state index contributed by atoms with van der Waals surface area (Å²) in [6.45, 7) is 2.27. The van der Waals surface area contributed by atoms with Gasteiger partial charge in [-0.2, -0.15) is 0 Å². The number of carbonyl (C=O) groups is 1. The topological polar surface area (TPSA) is 90.4 Å². The number of carbonyl (C=O) groups excluding carboxylic acids is 1. The average molecular weight is 604 g/mol. The number of fused-ring (bicyclic) bond motifs is 3. The zero-order chi connectivity index (χ0) is 19.1. The van der Waals surface area contributed by atoms with Gasteiger partial charge < -0.3 is 0 Å². The Bertz CT molecular complexity index is 628. The molecule has 0 amide bonds. The van der Waals surface area contributed by atoms with E-state index in [2.05, 4.69) is 16.9 Å². The number of aliphatic hydroxyl groups is 1. The van der Waals surface area contributed by atoms with Crippen molar-refractivity contribution in [1.82, 2.24) is 7.06 Å². The summed E-state index contributed by atoms with van der Waals surface area (Å²) >= 11 is -2.76. The molecule has 2 heterocycles. The molecule has 0 radical (unpaired) electrons. The quantitative estimate of drug-likeness (QED) is 0.108. The maximum absolute atomic E-state index is 13.1. The normalized spacial score (nSPS) is 40.7. The third-order valence-electron chi connectivity index (χ3n) is 6.75. The number of esters is 1. The van der Waals surface area contributed by atoms with Crippen LogP contribution in [0, 0.1) is 17.8 Å². The summed E-state index contributed by atoms with van der Waals surface area (Å²) in [5.41, 5.74) is -2.51. The van der Waals surface area contributed by atoms with E-state index in [-0.39, 0.29) is 34.5 Å². The van der Waals surface area contributed by atoms with Crippen molar-refractivity contribution in [3.05, 3.63) is 0 Å². The SMILES string of the molecule is CI(C)C(C)(C(=O)OCCC1CC2CC1CC2(O)C(F)(F)F)C12NI1N2. The van der Waals surface area contributed by atoms with Crippen molar-refractivity contribution >= 4 is 46.2 Å². The van der Waals surface area contributed by atoms with E-state index in [1.165, 1.54) is 0 Å². The number of hydrogen-bond acceptors (Lipinski definition) is 5. The molecule has 2 saturated carbocycles. The average Bonchev–Trinajstić information content (AvgIpc) is 3.32. The Balaban J connectivity index is 1.30. The van der Waals surface area contributed by atoms with Crippen molar-refractivity contribution in [3.63, 3.8) is 0 Å². The van der Waals surface area contributed by atoms with Crippen LogP contribution in [0.1, 0.15) is 32.6 Å². The molecule has 5 atom stereocenters. The monoisotopic (exact) mass is 604 g/mol. The van der Waals surface area contributed by atoms with Crippen LogP contribution in [0.2, 0.25) is 0 Å². The first-order valence-corrected chi connectivity index (χ1v) is 17.3. The maximum atomic E-state index is 13.1. The van der Waals surface area contributed by atoms with Crippen LogP contribution in [-0.4, -0.2) is 46.4 Å². The van der Waals surface area contributed by atoms with Crippen molar-refractivity contribution in [3.8, 4) is 0 Å². The molecule has 3 N–H and O–H groups in total. The third-order valence-corrected chi connectivity index (χ3v) is 18.2. The second-order valence-corrected chi connectivity index (χ2v) is 18.9. The molecule has 0 aromatic carbocycles. The molecule has 2 aliphatic carbocycles. The second kappa shape index (κ2) is 6.05. The molecule has 4 aliphatic rings. The van der Waals surface area contributed by atoms with E-state index in [4.69, 9.17) is 4.74 Å². The molecule has 10 heteroatoms. The van der Waals surface area contributed by atoms with E-state index in [0.29, 0.717) is 19.3 Å². The fourth-order valence-corrected chi connectivity index (χ4v) is 17.6. The molecule has 4 rings (SSSR count). The standard InChI is InChI=1S/C16H25F3I2N2O3/c1-13(20(2)3,16-21(22-16)23-16)12(24)26-5-4-9-6-11-7-10(9)8-14(11,25)15(17,18)19/h9-11,22-23,25H,4-8H2,1-3H3. The van der Waals surface area contributed by atoms with E-state index >= 15 is 0 Å². The fourth-order valence-electron chi connectivity index (χ4n) is 4.69. The number of alkyl halides is 7. The van der Waals surface area contributed by atoms with Crippen LogP contribution in [0.3, 0.4) is 0 Å². The van der Waals surface area contributed by atoms with Gasteiger partial charge in [-0.3, -0.25) is 0 Å². The van der Waals surface area contributed by atoms with Crippen molar-refractivity contribution in [2.24, 2.45) is 17.8 Å². The van der Waals surface area contributed by atoms with Gasteiger partial charge in [-0.25, -0.2) is 0 Å². The minimum atomic E-state index is -4.55. The molecule has 2 bridgehead atoms. The minimum absolute atomic E-state index is 0.110. The van der Waals surface area contributed by atoms with E-state index in [0.717, 1.165) is 0 Å². The van der Waals surface area contributed by atoms with Gasteiger partial charge in [0.1, 0.15) is 0 Å². The predicted molar refractivity (Wildman–Crippen MR) is 108 cm³/mol. The Labute approximate surface area is 166 Å². The van der Waals surface area contributed by atoms with Crippen LogP contribution in [-0.2, 0) is 9.53 Å². The molecule has 2 saturated heterocycles. The molecule has 0 spiro atoms. The van der Waals surface area contributed by atoms with Crippen LogP contribution in [0.4, 0.5) is 13.2 Å². The third kappa shape index (κ3) is 2.67. The first-order chi connectivity index (χ1) is 12.0. The van der Waals surface area contributed by atoms with E-state index < -0.39 is 61.3 Å². The van der Waals surface area contributed by atoms with Gasteiger partial charge in [-0.15, -0.1) is 0 Å². The van der Waals surface area contributed by atoms with E-state index in [1.807, 2.05) is 6.92 Å². The van der Waals surface area contributed by atoms with Crippen molar-refractivity contribution in [2.45, 2.75) is 51.5 Å². The van der Waals surface area contributed by atoms with Gasteiger partial charge in [-0.05, 0) is 0 Å². The van der Waals surface area contributed by atoms with Crippen LogP contribution in [0.5, 0.6) is 0 Å². The predicted octanol–water partition coefficient (Wildman–Crippen LogP) is 2.98. The number of nitrogens with one attached hydrogen (secondary N) is 2. The Kier molecular flexibility index (Phi) is 4.63. The molecule has 2 aliphatic heterocycles. The summed E-state index contributed by atoms with van der Waals surface area (Å²) in [7, 11) is 0. The molecule has 26 heavy (non-hydrogen) atoms. The van der Waals surface area contributed by atoms with E-state index in [1.54, 1.807) is 0 Å². The molecule has 152 valence electrons. The number of hydrogen-bond donors (Lipinski definition) is 3. The molecule has 5 nitrogen and oxygen atoms in total.